The summed E-state index contributed by atoms with van der Waals surface area (Å²) in [5.74, 6) is 0.0920. The first-order valence-electron chi connectivity index (χ1n) is 35.4. The van der Waals surface area contributed by atoms with E-state index in [9.17, 15) is 43.2 Å². The minimum absolute atomic E-state index is 0.104. The van der Waals surface area contributed by atoms with Gasteiger partial charge in [-0.05, 0) is 43.4 Å². The summed E-state index contributed by atoms with van der Waals surface area (Å²) in [5.41, 5.74) is 0. The zero-order chi connectivity index (χ0) is 64.5. The van der Waals surface area contributed by atoms with E-state index in [-0.39, 0.29) is 25.7 Å². The number of phosphoric acid groups is 2. The maximum Gasteiger partial charge on any atom is 0.472 e. The van der Waals surface area contributed by atoms with Crippen LogP contribution in [0.3, 0.4) is 0 Å². The number of carbonyl (C=O) groups excluding carboxylic acids is 4. The minimum atomic E-state index is -4.95. The third-order valence-corrected chi connectivity index (χ3v) is 17.9. The van der Waals surface area contributed by atoms with Gasteiger partial charge in [-0.25, -0.2) is 9.13 Å². The molecule has 0 aliphatic carbocycles. The molecule has 0 aliphatic heterocycles. The molecule has 87 heavy (non-hydrogen) atoms. The SMILES string of the molecule is CCCCCCCCCCCCCCCC(=O)O[C@H](COC(=O)CCCCCCCCCCC(C)CC)COP(=O)(O)OC[C@@H](O)COP(=O)(O)OC[C@@H](COC(=O)CCCCCCCCCCC(C)C)OC(=O)CCCCCCCCCCC(C)C. The van der Waals surface area contributed by atoms with E-state index < -0.39 is 97.5 Å². The molecule has 0 spiro atoms. The van der Waals surface area contributed by atoms with Gasteiger partial charge < -0.3 is 33.8 Å². The molecule has 0 aromatic heterocycles. The Labute approximate surface area is 530 Å². The van der Waals surface area contributed by atoms with Crippen LogP contribution in [0.25, 0.3) is 0 Å². The van der Waals surface area contributed by atoms with Crippen molar-refractivity contribution in [2.75, 3.05) is 39.6 Å². The fourth-order valence-electron chi connectivity index (χ4n) is 10.2. The van der Waals surface area contributed by atoms with E-state index in [1.165, 1.54) is 148 Å². The molecule has 0 amide bonds. The van der Waals surface area contributed by atoms with E-state index in [0.717, 1.165) is 108 Å². The number of aliphatic hydroxyl groups excluding tert-OH is 1. The van der Waals surface area contributed by atoms with Crippen molar-refractivity contribution in [2.24, 2.45) is 17.8 Å². The van der Waals surface area contributed by atoms with Crippen LogP contribution < -0.4 is 0 Å². The molecule has 0 heterocycles. The second-order valence-electron chi connectivity index (χ2n) is 25.8. The number of ether oxygens (including phenoxy) is 4. The number of rotatable bonds is 66. The summed E-state index contributed by atoms with van der Waals surface area (Å²) >= 11 is 0. The van der Waals surface area contributed by atoms with Crippen LogP contribution in [-0.2, 0) is 65.4 Å². The van der Waals surface area contributed by atoms with E-state index in [2.05, 4.69) is 48.5 Å². The van der Waals surface area contributed by atoms with E-state index in [1.807, 2.05) is 0 Å². The van der Waals surface area contributed by atoms with Crippen molar-refractivity contribution in [1.29, 1.82) is 0 Å². The predicted octanol–water partition coefficient (Wildman–Crippen LogP) is 19.1. The van der Waals surface area contributed by atoms with Crippen LogP contribution in [0.1, 0.15) is 337 Å². The third kappa shape index (κ3) is 61.3. The molecule has 19 heteroatoms. The fourth-order valence-corrected chi connectivity index (χ4v) is 11.7. The van der Waals surface area contributed by atoms with Crippen molar-refractivity contribution in [1.82, 2.24) is 0 Å². The largest absolute Gasteiger partial charge is 0.472 e. The lowest BCUT2D eigenvalue weighted by atomic mass is 9.99. The molecule has 6 atom stereocenters. The first kappa shape index (κ1) is 85.1. The van der Waals surface area contributed by atoms with Gasteiger partial charge in [-0.15, -0.1) is 0 Å². The van der Waals surface area contributed by atoms with Gasteiger partial charge in [-0.1, -0.05) is 286 Å². The molecule has 0 bridgehead atoms. The van der Waals surface area contributed by atoms with Crippen LogP contribution in [0.2, 0.25) is 0 Å². The first-order chi connectivity index (χ1) is 41.8. The summed E-state index contributed by atoms with van der Waals surface area (Å²) in [6.45, 7) is 11.8. The van der Waals surface area contributed by atoms with Crippen molar-refractivity contribution >= 4 is 39.5 Å². The molecule has 0 fully saturated rings. The number of unbranched alkanes of at least 4 members (excludes halogenated alkanes) is 33. The molecule has 0 aliphatic rings. The van der Waals surface area contributed by atoms with Crippen LogP contribution in [0.4, 0.5) is 0 Å². The standard InChI is InChI=1S/C68H132O17P2/c1-8-10-11-12-13-14-15-16-17-18-30-37-44-51-67(72)84-63(55-79-66(71)50-43-36-29-24-21-27-34-41-48-61(7)9-2)57-82-86(74,75)80-53-62(69)54-81-87(76,77)83-58-64(85-68(73)52-45-38-31-23-20-26-33-40-47-60(5)6)56-78-65(70)49-42-35-28-22-19-25-32-39-46-59(3)4/h59-64,69H,8-58H2,1-7H3,(H,74,75)(H,76,77)/t61?,62-,63-,64-/m1/s1. The molecule has 0 radical (unpaired) electrons. The maximum atomic E-state index is 13.0. The highest BCUT2D eigenvalue weighted by molar-refractivity contribution is 7.47. The molecule has 0 aromatic rings. The molecule has 3 N–H and O–H groups in total. The van der Waals surface area contributed by atoms with Gasteiger partial charge in [0, 0.05) is 25.7 Å². The lowest BCUT2D eigenvalue weighted by Gasteiger charge is -2.21. The van der Waals surface area contributed by atoms with Crippen molar-refractivity contribution in [3.05, 3.63) is 0 Å². The summed E-state index contributed by atoms with van der Waals surface area (Å²) in [5, 5.41) is 10.6. The van der Waals surface area contributed by atoms with E-state index in [0.29, 0.717) is 25.7 Å². The Morgan fingerprint density at radius 2 is 0.586 bits per heavy atom. The van der Waals surface area contributed by atoms with Crippen molar-refractivity contribution in [2.45, 2.75) is 356 Å². The molecular weight excluding hydrogens is 1150 g/mol. The highest BCUT2D eigenvalue weighted by atomic mass is 31.2. The molecule has 3 unspecified atom stereocenters. The number of phosphoric ester groups is 2. The van der Waals surface area contributed by atoms with Gasteiger partial charge in [0.25, 0.3) is 0 Å². The van der Waals surface area contributed by atoms with Gasteiger partial charge in [0.05, 0.1) is 26.4 Å². The number of hydrogen-bond acceptors (Lipinski definition) is 15. The van der Waals surface area contributed by atoms with Crippen LogP contribution in [-0.4, -0.2) is 96.7 Å². The second kappa shape index (κ2) is 59.1. The Bertz CT molecular complexity index is 1720. The van der Waals surface area contributed by atoms with Gasteiger partial charge in [-0.3, -0.25) is 37.3 Å². The summed E-state index contributed by atoms with van der Waals surface area (Å²) in [6.07, 6.45) is 41.6. The van der Waals surface area contributed by atoms with E-state index in [1.54, 1.807) is 0 Å². The van der Waals surface area contributed by atoms with Gasteiger partial charge in [0.2, 0.25) is 0 Å². The average Bonchev–Trinajstić information content (AvgIpc) is 3.69. The summed E-state index contributed by atoms with van der Waals surface area (Å²) in [4.78, 5) is 72.4. The lowest BCUT2D eigenvalue weighted by Crippen LogP contribution is -2.30. The van der Waals surface area contributed by atoms with Crippen LogP contribution in [0.5, 0.6) is 0 Å². The highest BCUT2D eigenvalue weighted by Gasteiger charge is 2.30. The zero-order valence-electron chi connectivity index (χ0n) is 56.5. The smallest absolute Gasteiger partial charge is 0.462 e. The van der Waals surface area contributed by atoms with Gasteiger partial charge in [0.1, 0.15) is 19.3 Å². The normalized spacial score (nSPS) is 14.6. The Kier molecular flexibility index (Phi) is 57.8. The zero-order valence-corrected chi connectivity index (χ0v) is 58.3. The number of aliphatic hydroxyl groups is 1. The Hall–Kier alpha value is -1.94. The summed E-state index contributed by atoms with van der Waals surface area (Å²) < 4.78 is 68.2. The van der Waals surface area contributed by atoms with Crippen molar-refractivity contribution in [3.63, 3.8) is 0 Å². The van der Waals surface area contributed by atoms with E-state index in [4.69, 9.17) is 37.0 Å². The predicted molar refractivity (Wildman–Crippen MR) is 349 cm³/mol. The van der Waals surface area contributed by atoms with Crippen LogP contribution >= 0.6 is 15.6 Å². The quantitative estimate of drug-likeness (QED) is 0.0222. The third-order valence-electron chi connectivity index (χ3n) is 16.0. The monoisotopic (exact) mass is 1280 g/mol. The van der Waals surface area contributed by atoms with Crippen molar-refractivity contribution in [3.8, 4) is 0 Å². The highest BCUT2D eigenvalue weighted by Crippen LogP contribution is 2.45. The number of hydrogen-bond donors (Lipinski definition) is 3. The van der Waals surface area contributed by atoms with Crippen molar-refractivity contribution < 1.29 is 80.2 Å². The Morgan fingerprint density at radius 1 is 0.333 bits per heavy atom. The fraction of sp³-hybridized carbons (Fsp3) is 0.941. The topological polar surface area (TPSA) is 237 Å². The molecule has 0 aromatic carbocycles. The molecule has 0 rings (SSSR count). The summed E-state index contributed by atoms with van der Waals surface area (Å²) in [6, 6.07) is 0. The average molecular weight is 1280 g/mol. The van der Waals surface area contributed by atoms with Gasteiger partial charge in [-0.2, -0.15) is 0 Å². The summed E-state index contributed by atoms with van der Waals surface area (Å²) in [7, 11) is -9.90. The molecular formula is C68H132O17P2. The second-order valence-corrected chi connectivity index (χ2v) is 28.7. The molecule has 17 nitrogen and oxygen atoms in total. The van der Waals surface area contributed by atoms with Gasteiger partial charge in [0.15, 0.2) is 12.2 Å². The van der Waals surface area contributed by atoms with E-state index >= 15 is 0 Å². The number of esters is 4. The Morgan fingerprint density at radius 3 is 0.874 bits per heavy atom. The van der Waals surface area contributed by atoms with Gasteiger partial charge >= 0.3 is 39.5 Å². The number of carbonyl (C=O) groups is 4. The van der Waals surface area contributed by atoms with Crippen LogP contribution in [0.15, 0.2) is 0 Å². The minimum Gasteiger partial charge on any atom is -0.462 e. The van der Waals surface area contributed by atoms with Crippen LogP contribution in [0, 0.1) is 17.8 Å². The maximum absolute atomic E-state index is 13.0. The molecule has 0 saturated carbocycles. The molecule has 516 valence electrons. The molecule has 0 saturated heterocycles. The first-order valence-corrected chi connectivity index (χ1v) is 38.4. The lowest BCUT2D eigenvalue weighted by molar-refractivity contribution is -0.161. The Balaban J connectivity index is 5.26.